The molecule has 240 valence electrons. The molecule has 12 nitrogen and oxygen atoms in total. The Bertz CT molecular complexity index is 1170. The van der Waals surface area contributed by atoms with E-state index in [0.717, 1.165) is 37.1 Å². The highest BCUT2D eigenvalue weighted by Gasteiger charge is 2.18. The molecule has 2 saturated carbocycles. The molecular formula is C32H46N6O6. The van der Waals surface area contributed by atoms with E-state index >= 15 is 0 Å². The van der Waals surface area contributed by atoms with Crippen LogP contribution in [0.5, 0.6) is 0 Å². The number of anilines is 4. The van der Waals surface area contributed by atoms with Crippen molar-refractivity contribution in [2.24, 2.45) is 0 Å². The lowest BCUT2D eigenvalue weighted by Gasteiger charge is -2.23. The molecule has 4 N–H and O–H groups in total. The van der Waals surface area contributed by atoms with Crippen molar-refractivity contribution in [1.29, 1.82) is 0 Å². The zero-order valence-electron chi connectivity index (χ0n) is 25.9. The van der Waals surface area contributed by atoms with Crippen LogP contribution in [-0.4, -0.2) is 33.7 Å². The number of non-ortho nitro benzene ring substituents is 2. The third-order valence-electron chi connectivity index (χ3n) is 7.98. The summed E-state index contributed by atoms with van der Waals surface area (Å²) in [5, 5.41) is 34.1. The van der Waals surface area contributed by atoms with E-state index in [0.29, 0.717) is 23.5 Å². The molecule has 0 spiro atoms. The van der Waals surface area contributed by atoms with Crippen LogP contribution in [-0.2, 0) is 9.59 Å². The Balaban J connectivity index is 0.000000240. The fourth-order valence-corrected chi connectivity index (χ4v) is 5.77. The summed E-state index contributed by atoms with van der Waals surface area (Å²) in [7, 11) is 0. The molecule has 2 aromatic carbocycles. The van der Waals surface area contributed by atoms with Gasteiger partial charge < -0.3 is 21.3 Å². The van der Waals surface area contributed by atoms with Crippen LogP contribution in [0.25, 0.3) is 0 Å². The highest BCUT2D eigenvalue weighted by Crippen LogP contribution is 2.31. The van der Waals surface area contributed by atoms with Gasteiger partial charge in [0.05, 0.1) is 32.6 Å². The summed E-state index contributed by atoms with van der Waals surface area (Å²) >= 11 is 0. The first-order chi connectivity index (χ1) is 21.1. The lowest BCUT2D eigenvalue weighted by atomic mass is 9.96. The lowest BCUT2D eigenvalue weighted by Crippen LogP contribution is -2.21. The predicted molar refractivity (Wildman–Crippen MR) is 174 cm³/mol. The summed E-state index contributed by atoms with van der Waals surface area (Å²) < 4.78 is 0. The van der Waals surface area contributed by atoms with Gasteiger partial charge >= 0.3 is 0 Å². The van der Waals surface area contributed by atoms with Crippen LogP contribution in [0.15, 0.2) is 36.4 Å². The van der Waals surface area contributed by atoms with E-state index in [-0.39, 0.29) is 23.2 Å². The molecule has 2 aliphatic rings. The van der Waals surface area contributed by atoms with E-state index in [4.69, 9.17) is 0 Å². The molecule has 2 aromatic rings. The molecule has 44 heavy (non-hydrogen) atoms. The first-order valence-corrected chi connectivity index (χ1v) is 15.8. The topological polar surface area (TPSA) is 169 Å². The maximum atomic E-state index is 11.3. The monoisotopic (exact) mass is 610 g/mol. The van der Waals surface area contributed by atoms with E-state index in [1.165, 1.54) is 102 Å². The Morgan fingerprint density at radius 2 is 0.886 bits per heavy atom. The average Bonchev–Trinajstić information content (AvgIpc) is 2.92. The van der Waals surface area contributed by atoms with Gasteiger partial charge in [0, 0.05) is 50.2 Å². The SMILES string of the molecule is CC(=O)Nc1cc([N+](=O)[O-])ccc1NC1CCCCCCC1.CC(=O)Nc1cc([N+](=O)[O-])ccc1NC1CCCCCCC1. The largest absolute Gasteiger partial charge is 0.381 e. The van der Waals surface area contributed by atoms with Crippen LogP contribution in [0, 0.1) is 20.2 Å². The van der Waals surface area contributed by atoms with Crippen molar-refractivity contribution in [3.63, 3.8) is 0 Å². The van der Waals surface area contributed by atoms with Gasteiger partial charge in [0.25, 0.3) is 11.4 Å². The number of nitro benzene ring substituents is 2. The number of nitrogens with one attached hydrogen (secondary N) is 4. The van der Waals surface area contributed by atoms with Gasteiger partial charge in [-0.15, -0.1) is 0 Å². The van der Waals surface area contributed by atoms with Crippen LogP contribution in [0.3, 0.4) is 0 Å². The summed E-state index contributed by atoms with van der Waals surface area (Å²) in [6.07, 6.45) is 16.8. The summed E-state index contributed by atoms with van der Waals surface area (Å²) in [6, 6.07) is 9.83. The minimum atomic E-state index is -0.453. The smallest absolute Gasteiger partial charge is 0.271 e. The van der Waals surface area contributed by atoms with E-state index < -0.39 is 9.85 Å². The summed E-state index contributed by atoms with van der Waals surface area (Å²) in [5.74, 6) is -0.470. The van der Waals surface area contributed by atoms with E-state index in [1.807, 2.05) is 0 Å². The fraction of sp³-hybridized carbons (Fsp3) is 0.562. The molecule has 2 amide bonds. The fourth-order valence-electron chi connectivity index (χ4n) is 5.77. The van der Waals surface area contributed by atoms with E-state index in [2.05, 4.69) is 21.3 Å². The van der Waals surface area contributed by atoms with E-state index in [9.17, 15) is 29.8 Å². The summed E-state index contributed by atoms with van der Waals surface area (Å²) in [6.45, 7) is 2.80. The van der Waals surface area contributed by atoms with Gasteiger partial charge in [-0.25, -0.2) is 0 Å². The third-order valence-corrected chi connectivity index (χ3v) is 7.98. The van der Waals surface area contributed by atoms with Crippen LogP contribution >= 0.6 is 0 Å². The van der Waals surface area contributed by atoms with Crippen LogP contribution in [0.2, 0.25) is 0 Å². The minimum Gasteiger partial charge on any atom is -0.381 e. The number of nitrogens with zero attached hydrogens (tertiary/aromatic N) is 2. The number of rotatable bonds is 8. The lowest BCUT2D eigenvalue weighted by molar-refractivity contribution is -0.385. The second kappa shape index (κ2) is 17.8. The van der Waals surface area contributed by atoms with Gasteiger partial charge in [-0.05, 0) is 37.8 Å². The van der Waals surface area contributed by atoms with Crippen LogP contribution in [0.1, 0.15) is 104 Å². The van der Waals surface area contributed by atoms with Gasteiger partial charge in [-0.3, -0.25) is 29.8 Å². The molecule has 2 fully saturated rings. The average molecular weight is 611 g/mol. The van der Waals surface area contributed by atoms with Crippen molar-refractivity contribution in [2.75, 3.05) is 21.3 Å². The molecule has 2 aliphatic carbocycles. The van der Waals surface area contributed by atoms with Gasteiger partial charge in [0.1, 0.15) is 0 Å². The Morgan fingerprint density at radius 1 is 0.568 bits per heavy atom. The number of carbonyl (C=O) groups excluding carboxylic acids is 2. The first-order valence-electron chi connectivity index (χ1n) is 15.8. The zero-order chi connectivity index (χ0) is 31.9. The molecule has 0 radical (unpaired) electrons. The predicted octanol–water partition coefficient (Wildman–Crippen LogP) is 8.16. The molecule has 0 aliphatic heterocycles. The molecule has 0 aromatic heterocycles. The van der Waals surface area contributed by atoms with Crippen molar-refractivity contribution < 1.29 is 19.4 Å². The number of amides is 2. The molecule has 0 saturated heterocycles. The number of hydrogen-bond donors (Lipinski definition) is 4. The standard InChI is InChI=1S/2C16H23N3O3/c2*1-12(20)17-16-11-14(19(21)22)9-10-15(16)18-13-7-5-3-2-4-6-8-13/h2*9-11,13,18H,2-8H2,1H3,(H,17,20). The van der Waals surface area contributed by atoms with Crippen LogP contribution in [0.4, 0.5) is 34.1 Å². The van der Waals surface area contributed by atoms with Crippen molar-refractivity contribution in [2.45, 2.75) is 116 Å². The second-order valence-corrected chi connectivity index (χ2v) is 11.7. The van der Waals surface area contributed by atoms with Gasteiger partial charge in [0.15, 0.2) is 0 Å². The number of nitro groups is 2. The first kappa shape index (κ1) is 34.3. The molecule has 0 heterocycles. The van der Waals surface area contributed by atoms with Crippen molar-refractivity contribution >= 4 is 45.9 Å². The molecule has 0 bridgehead atoms. The highest BCUT2D eigenvalue weighted by atomic mass is 16.6. The maximum absolute atomic E-state index is 11.3. The summed E-state index contributed by atoms with van der Waals surface area (Å²) in [4.78, 5) is 43.5. The van der Waals surface area contributed by atoms with E-state index in [1.54, 1.807) is 12.1 Å². The number of carbonyl (C=O) groups is 2. The van der Waals surface area contributed by atoms with Crippen molar-refractivity contribution in [3.8, 4) is 0 Å². The Labute approximate surface area is 259 Å². The number of hydrogen-bond acceptors (Lipinski definition) is 8. The highest BCUT2D eigenvalue weighted by molar-refractivity contribution is 5.94. The zero-order valence-corrected chi connectivity index (χ0v) is 25.9. The molecule has 0 atom stereocenters. The van der Waals surface area contributed by atoms with Gasteiger partial charge in [-0.2, -0.15) is 0 Å². The molecule has 12 heteroatoms. The van der Waals surface area contributed by atoms with Crippen LogP contribution < -0.4 is 21.3 Å². The van der Waals surface area contributed by atoms with Crippen molar-refractivity contribution in [3.05, 3.63) is 56.6 Å². The Hall–Kier alpha value is -4.22. The van der Waals surface area contributed by atoms with Crippen molar-refractivity contribution in [1.82, 2.24) is 0 Å². The quantitative estimate of drug-likeness (QED) is 0.171. The number of benzene rings is 2. The molecular weight excluding hydrogens is 564 g/mol. The third kappa shape index (κ3) is 11.8. The normalized spacial score (nSPS) is 16.4. The molecule has 0 unspecified atom stereocenters. The van der Waals surface area contributed by atoms with Gasteiger partial charge in [0.2, 0.25) is 11.8 Å². The Morgan fingerprint density at radius 3 is 1.18 bits per heavy atom. The van der Waals surface area contributed by atoms with Gasteiger partial charge in [-0.1, -0.05) is 64.2 Å². The molecule has 4 rings (SSSR count). The second-order valence-electron chi connectivity index (χ2n) is 11.7. The Kier molecular flexibility index (Phi) is 13.9. The maximum Gasteiger partial charge on any atom is 0.271 e. The minimum absolute atomic E-state index is 0.0213. The summed E-state index contributed by atoms with van der Waals surface area (Å²) in [5.41, 5.74) is 2.42.